The molecule has 5 rings (SSSR count). The molecular formula is C42H49Cl2N3O6. The van der Waals surface area contributed by atoms with Crippen molar-refractivity contribution in [1.29, 1.82) is 0 Å². The molecule has 0 saturated carbocycles. The molecule has 1 aliphatic rings. The summed E-state index contributed by atoms with van der Waals surface area (Å²) >= 11 is 13.0. The molecule has 0 radical (unpaired) electrons. The lowest BCUT2D eigenvalue weighted by Gasteiger charge is -2.39. The molecule has 1 aliphatic carbocycles. The lowest BCUT2D eigenvalue weighted by Crippen LogP contribution is -2.60. The highest BCUT2D eigenvalue weighted by Gasteiger charge is 2.46. The molecule has 11 heteroatoms. The molecule has 0 spiro atoms. The molecule has 0 aliphatic heterocycles. The number of phenolic OH excluding ortho intramolecular Hbond substituents is 1. The smallest absolute Gasteiger partial charge is 0.306 e. The minimum absolute atomic E-state index is 0.0942. The number of amides is 2. The van der Waals surface area contributed by atoms with Crippen LogP contribution in [0.4, 0.5) is 0 Å². The third-order valence-corrected chi connectivity index (χ3v) is 11.5. The Morgan fingerprint density at radius 1 is 0.887 bits per heavy atom. The zero-order valence-corrected chi connectivity index (χ0v) is 32.3. The Morgan fingerprint density at radius 2 is 1.55 bits per heavy atom. The molecule has 53 heavy (non-hydrogen) atoms. The fourth-order valence-corrected chi connectivity index (χ4v) is 7.73. The van der Waals surface area contributed by atoms with Crippen molar-refractivity contribution in [2.75, 3.05) is 0 Å². The van der Waals surface area contributed by atoms with Gasteiger partial charge in [0.1, 0.15) is 17.9 Å². The van der Waals surface area contributed by atoms with Crippen molar-refractivity contribution < 1.29 is 29.0 Å². The number of benzene rings is 3. The first-order valence-electron chi connectivity index (χ1n) is 18.4. The topological polar surface area (TPSA) is 138 Å². The van der Waals surface area contributed by atoms with Gasteiger partial charge in [-0.2, -0.15) is 0 Å². The number of halogens is 2. The van der Waals surface area contributed by atoms with Crippen LogP contribution in [-0.2, 0) is 49.9 Å². The normalized spacial score (nSPS) is 17.6. The molecule has 282 valence electrons. The van der Waals surface area contributed by atoms with E-state index < -0.39 is 29.3 Å². The van der Waals surface area contributed by atoms with Crippen molar-refractivity contribution in [3.8, 4) is 5.75 Å². The van der Waals surface area contributed by atoms with Crippen LogP contribution >= 0.6 is 23.2 Å². The molecule has 4 aromatic rings. The Kier molecular flexibility index (Phi) is 13.3. The summed E-state index contributed by atoms with van der Waals surface area (Å²) < 4.78 is 5.58. The standard InChI is InChI=1S/C42H49Cl2N3O6/c1-5-25(3)31(40(51)45-23-27-12-14-30(48)15-13-27)20-37(49)42(17-16-36-34(22-42)33-18-29(43)19-35(44)39(33)46-36)47-41(52)32(26(4)6-2)21-38(50)53-24-28-10-8-7-9-11-28/h7-15,18-19,25-26,31-32,46,48H,5-6,16-17,20-24H2,1-4H3,(H,45,51)(H,47,52)/t25?,26?,31-,32-,42+/m0/s1. The molecular weight excluding hydrogens is 713 g/mol. The van der Waals surface area contributed by atoms with Gasteiger partial charge >= 0.3 is 5.97 Å². The van der Waals surface area contributed by atoms with Gasteiger partial charge in [-0.15, -0.1) is 0 Å². The van der Waals surface area contributed by atoms with E-state index in [4.69, 9.17) is 27.9 Å². The Bertz CT molecular complexity index is 1930. The maximum absolute atomic E-state index is 14.9. The van der Waals surface area contributed by atoms with Crippen LogP contribution in [0.5, 0.6) is 5.75 Å². The van der Waals surface area contributed by atoms with Crippen LogP contribution in [-0.4, -0.2) is 39.2 Å². The first kappa shape index (κ1) is 39.9. The van der Waals surface area contributed by atoms with E-state index in [2.05, 4.69) is 15.6 Å². The number of ketones is 1. The van der Waals surface area contributed by atoms with Crippen LogP contribution in [0.2, 0.25) is 10.0 Å². The predicted molar refractivity (Wildman–Crippen MR) is 208 cm³/mol. The van der Waals surface area contributed by atoms with Crippen LogP contribution in [0.3, 0.4) is 0 Å². The first-order chi connectivity index (χ1) is 25.3. The zero-order valence-electron chi connectivity index (χ0n) is 30.8. The first-order valence-corrected chi connectivity index (χ1v) is 19.2. The SMILES string of the molecule is CCC(C)[C@H](CC(=O)[C@@]1(NC(=O)[C@@H](CC(=O)OCc2ccccc2)C(C)CC)CCc2[nH]c3c(Cl)cc(Cl)cc3c2C1)C(=O)NCc1ccc(O)cc1. The second kappa shape index (κ2) is 17.7. The van der Waals surface area contributed by atoms with E-state index in [0.717, 1.165) is 27.8 Å². The van der Waals surface area contributed by atoms with Crippen molar-refractivity contribution in [3.05, 3.63) is 99.2 Å². The minimum Gasteiger partial charge on any atom is -0.508 e. The van der Waals surface area contributed by atoms with Crippen LogP contribution < -0.4 is 10.6 Å². The van der Waals surface area contributed by atoms with Crippen molar-refractivity contribution in [1.82, 2.24) is 15.6 Å². The Balaban J connectivity index is 1.44. The monoisotopic (exact) mass is 761 g/mol. The number of nitrogens with one attached hydrogen (secondary N) is 3. The van der Waals surface area contributed by atoms with E-state index in [1.807, 2.05) is 64.1 Å². The van der Waals surface area contributed by atoms with Gasteiger partial charge in [-0.05, 0) is 65.6 Å². The minimum atomic E-state index is -1.36. The van der Waals surface area contributed by atoms with Gasteiger partial charge in [-0.25, -0.2) is 0 Å². The number of phenols is 1. The number of carbonyl (C=O) groups is 4. The van der Waals surface area contributed by atoms with Gasteiger partial charge in [0.2, 0.25) is 11.8 Å². The highest BCUT2D eigenvalue weighted by atomic mass is 35.5. The number of esters is 1. The van der Waals surface area contributed by atoms with Gasteiger partial charge in [-0.3, -0.25) is 19.2 Å². The van der Waals surface area contributed by atoms with Crippen molar-refractivity contribution in [3.63, 3.8) is 0 Å². The van der Waals surface area contributed by atoms with Gasteiger partial charge in [0, 0.05) is 41.4 Å². The summed E-state index contributed by atoms with van der Waals surface area (Å²) in [6.07, 6.45) is 1.95. The second-order valence-electron chi connectivity index (χ2n) is 14.5. The number of aromatic amines is 1. The Morgan fingerprint density at radius 3 is 2.21 bits per heavy atom. The average Bonchev–Trinajstić information content (AvgIpc) is 3.52. The van der Waals surface area contributed by atoms with Gasteiger partial charge in [-0.1, -0.05) is 106 Å². The predicted octanol–water partition coefficient (Wildman–Crippen LogP) is 8.26. The summed E-state index contributed by atoms with van der Waals surface area (Å²) in [7, 11) is 0. The molecule has 2 unspecified atom stereocenters. The summed E-state index contributed by atoms with van der Waals surface area (Å²) in [4.78, 5) is 59.6. The van der Waals surface area contributed by atoms with Crippen molar-refractivity contribution >= 4 is 57.7 Å². The number of carbonyl (C=O) groups excluding carboxylic acids is 4. The van der Waals surface area contributed by atoms with E-state index >= 15 is 0 Å². The second-order valence-corrected chi connectivity index (χ2v) is 15.3. The van der Waals surface area contributed by atoms with Crippen LogP contribution in [0.25, 0.3) is 10.9 Å². The number of H-pyrrole nitrogens is 1. The Labute approximate surface area is 321 Å². The number of rotatable bonds is 16. The fourth-order valence-electron chi connectivity index (χ4n) is 7.19. The number of Topliss-reactive ketones (excluding diaryl/α,β-unsaturated/α-hetero) is 1. The highest BCUT2D eigenvalue weighted by molar-refractivity contribution is 6.38. The number of fused-ring (bicyclic) bond motifs is 3. The maximum Gasteiger partial charge on any atom is 0.306 e. The lowest BCUT2D eigenvalue weighted by molar-refractivity contribution is -0.149. The number of aromatic hydroxyl groups is 1. The summed E-state index contributed by atoms with van der Waals surface area (Å²) in [5, 5.41) is 17.5. The number of hydrogen-bond donors (Lipinski definition) is 4. The lowest BCUT2D eigenvalue weighted by atomic mass is 9.72. The number of ether oxygens (including phenoxy) is 1. The van der Waals surface area contributed by atoms with Gasteiger partial charge in [0.15, 0.2) is 5.78 Å². The summed E-state index contributed by atoms with van der Waals surface area (Å²) in [5.74, 6) is -3.01. The maximum atomic E-state index is 14.9. The number of aromatic nitrogens is 1. The molecule has 1 heterocycles. The number of hydrogen-bond acceptors (Lipinski definition) is 6. The highest BCUT2D eigenvalue weighted by Crippen LogP contribution is 2.40. The molecule has 1 aromatic heterocycles. The molecule has 0 fully saturated rings. The third kappa shape index (κ3) is 9.61. The molecule has 5 atom stereocenters. The van der Waals surface area contributed by atoms with Gasteiger partial charge < -0.3 is 25.5 Å². The largest absolute Gasteiger partial charge is 0.508 e. The molecule has 4 N–H and O–H groups in total. The van der Waals surface area contributed by atoms with Gasteiger partial charge in [0.05, 0.1) is 22.9 Å². The van der Waals surface area contributed by atoms with E-state index in [-0.39, 0.29) is 68.1 Å². The summed E-state index contributed by atoms with van der Waals surface area (Å²) in [6.45, 7) is 8.14. The van der Waals surface area contributed by atoms with Gasteiger partial charge in [0.25, 0.3) is 0 Å². The Hall–Kier alpha value is -4.34. The van der Waals surface area contributed by atoms with Crippen molar-refractivity contribution in [2.45, 2.75) is 91.3 Å². The molecule has 9 nitrogen and oxygen atoms in total. The summed E-state index contributed by atoms with van der Waals surface area (Å²) in [5.41, 5.74) is 2.74. The molecule has 3 aromatic carbocycles. The molecule has 0 bridgehead atoms. The van der Waals surface area contributed by atoms with E-state index in [1.165, 1.54) is 0 Å². The number of aryl methyl sites for hydroxylation is 1. The van der Waals surface area contributed by atoms with Crippen LogP contribution in [0.1, 0.15) is 82.2 Å². The molecule has 2 amide bonds. The van der Waals surface area contributed by atoms with E-state index in [0.29, 0.717) is 34.8 Å². The third-order valence-electron chi connectivity index (χ3n) is 11.0. The molecule has 0 saturated heterocycles. The van der Waals surface area contributed by atoms with E-state index in [9.17, 15) is 24.3 Å². The van der Waals surface area contributed by atoms with E-state index in [1.54, 1.807) is 30.3 Å². The van der Waals surface area contributed by atoms with Crippen molar-refractivity contribution in [2.24, 2.45) is 23.7 Å². The average molecular weight is 763 g/mol. The quantitative estimate of drug-likeness (QED) is 0.0849. The van der Waals surface area contributed by atoms with Crippen LogP contribution in [0.15, 0.2) is 66.7 Å². The zero-order chi connectivity index (χ0) is 38.3. The van der Waals surface area contributed by atoms with Crippen LogP contribution in [0, 0.1) is 23.7 Å². The fraction of sp³-hybridized carbons (Fsp3) is 0.429. The summed E-state index contributed by atoms with van der Waals surface area (Å²) in [6, 6.07) is 19.4.